The summed E-state index contributed by atoms with van der Waals surface area (Å²) in [6.07, 6.45) is -1.31. The monoisotopic (exact) mass is 296 g/mol. The van der Waals surface area contributed by atoms with Crippen LogP contribution >= 0.6 is 0 Å². The Morgan fingerprint density at radius 2 is 2.14 bits per heavy atom. The standard InChI is InChI=1S/C14H20N2O5/c1-14(2,3)21-13(20)16-7-11(18)12(19)10-6-9(8-17)4-5-15-10/h4-6,8,11-12,18-19H,7H2,1-3H3,(H,16,20). The molecule has 2 unspecified atom stereocenters. The Bertz CT molecular complexity index is 498. The van der Waals surface area contributed by atoms with Crippen LogP contribution < -0.4 is 5.32 Å². The number of nitrogens with zero attached hydrogens (tertiary/aromatic N) is 1. The molecule has 21 heavy (non-hydrogen) atoms. The van der Waals surface area contributed by atoms with Gasteiger partial charge < -0.3 is 20.3 Å². The zero-order valence-corrected chi connectivity index (χ0v) is 12.2. The van der Waals surface area contributed by atoms with Gasteiger partial charge in [0.15, 0.2) is 0 Å². The summed E-state index contributed by atoms with van der Waals surface area (Å²) >= 11 is 0. The van der Waals surface area contributed by atoms with E-state index in [0.717, 1.165) is 0 Å². The van der Waals surface area contributed by atoms with Gasteiger partial charge in [-0.15, -0.1) is 0 Å². The molecular weight excluding hydrogens is 276 g/mol. The molecule has 0 aromatic carbocycles. The van der Waals surface area contributed by atoms with E-state index in [1.165, 1.54) is 18.3 Å². The molecule has 0 bridgehead atoms. The fraction of sp³-hybridized carbons (Fsp3) is 0.500. The van der Waals surface area contributed by atoms with Crippen molar-refractivity contribution in [1.82, 2.24) is 10.3 Å². The van der Waals surface area contributed by atoms with E-state index in [1.807, 2.05) is 0 Å². The van der Waals surface area contributed by atoms with Crippen molar-refractivity contribution in [2.45, 2.75) is 38.6 Å². The molecule has 0 spiro atoms. The van der Waals surface area contributed by atoms with Crippen LogP contribution in [0.25, 0.3) is 0 Å². The molecule has 0 fully saturated rings. The summed E-state index contributed by atoms with van der Waals surface area (Å²) in [6.45, 7) is 4.94. The van der Waals surface area contributed by atoms with E-state index in [0.29, 0.717) is 11.8 Å². The lowest BCUT2D eigenvalue weighted by atomic mass is 10.1. The number of alkyl carbamates (subject to hydrolysis) is 1. The van der Waals surface area contributed by atoms with Gasteiger partial charge in [-0.2, -0.15) is 0 Å². The Morgan fingerprint density at radius 1 is 1.48 bits per heavy atom. The number of hydrogen-bond acceptors (Lipinski definition) is 6. The van der Waals surface area contributed by atoms with Crippen LogP contribution in [0.15, 0.2) is 18.3 Å². The first-order valence-electron chi connectivity index (χ1n) is 6.47. The lowest BCUT2D eigenvalue weighted by molar-refractivity contribution is 0.0108. The van der Waals surface area contributed by atoms with E-state index in [4.69, 9.17) is 4.74 Å². The van der Waals surface area contributed by atoms with Crippen molar-refractivity contribution in [2.75, 3.05) is 6.54 Å². The zero-order valence-electron chi connectivity index (χ0n) is 12.2. The third-order valence-corrected chi connectivity index (χ3v) is 2.46. The molecule has 0 radical (unpaired) electrons. The highest BCUT2D eigenvalue weighted by atomic mass is 16.6. The molecule has 1 aromatic rings. The second-order valence-electron chi connectivity index (χ2n) is 5.53. The number of nitrogens with one attached hydrogen (secondary N) is 1. The van der Waals surface area contributed by atoms with Crippen molar-refractivity contribution in [3.05, 3.63) is 29.6 Å². The van der Waals surface area contributed by atoms with Gasteiger partial charge >= 0.3 is 6.09 Å². The van der Waals surface area contributed by atoms with E-state index in [2.05, 4.69) is 10.3 Å². The number of carbonyl (C=O) groups excluding carboxylic acids is 2. The van der Waals surface area contributed by atoms with Gasteiger partial charge in [-0.3, -0.25) is 9.78 Å². The minimum atomic E-state index is -1.32. The largest absolute Gasteiger partial charge is 0.444 e. The van der Waals surface area contributed by atoms with Gasteiger partial charge in [0.25, 0.3) is 0 Å². The molecule has 0 saturated heterocycles. The average molecular weight is 296 g/mol. The summed E-state index contributed by atoms with van der Waals surface area (Å²) < 4.78 is 5.01. The molecule has 7 nitrogen and oxygen atoms in total. The normalized spacial score (nSPS) is 14.1. The average Bonchev–Trinajstić information content (AvgIpc) is 2.42. The van der Waals surface area contributed by atoms with Gasteiger partial charge in [0.1, 0.15) is 24.1 Å². The number of hydrogen-bond donors (Lipinski definition) is 3. The van der Waals surface area contributed by atoms with Gasteiger partial charge in [-0.1, -0.05) is 0 Å². The van der Waals surface area contributed by atoms with Crippen LogP contribution in [-0.2, 0) is 4.74 Å². The second kappa shape index (κ2) is 7.14. The molecule has 1 heterocycles. The smallest absolute Gasteiger partial charge is 0.407 e. The van der Waals surface area contributed by atoms with Crippen LogP contribution in [0.3, 0.4) is 0 Å². The number of carbonyl (C=O) groups is 2. The number of pyridine rings is 1. The fourth-order valence-electron chi connectivity index (χ4n) is 1.51. The fourth-order valence-corrected chi connectivity index (χ4v) is 1.51. The van der Waals surface area contributed by atoms with Gasteiger partial charge in [0.2, 0.25) is 0 Å². The van der Waals surface area contributed by atoms with E-state index in [-0.39, 0.29) is 12.2 Å². The summed E-state index contributed by atoms with van der Waals surface area (Å²) in [5, 5.41) is 22.1. The van der Waals surface area contributed by atoms with Gasteiger partial charge in [0, 0.05) is 18.3 Å². The molecule has 116 valence electrons. The minimum absolute atomic E-state index is 0.151. The maximum Gasteiger partial charge on any atom is 0.407 e. The zero-order chi connectivity index (χ0) is 16.0. The third-order valence-electron chi connectivity index (χ3n) is 2.46. The Morgan fingerprint density at radius 3 is 2.71 bits per heavy atom. The van der Waals surface area contributed by atoms with Crippen LogP contribution in [0.5, 0.6) is 0 Å². The highest BCUT2D eigenvalue weighted by Crippen LogP contribution is 2.15. The summed E-state index contributed by atoms with van der Waals surface area (Å²) in [7, 11) is 0. The molecule has 0 saturated carbocycles. The second-order valence-corrected chi connectivity index (χ2v) is 5.53. The van der Waals surface area contributed by atoms with Gasteiger partial charge in [-0.05, 0) is 32.9 Å². The Labute approximate surface area is 123 Å². The van der Waals surface area contributed by atoms with Crippen molar-refractivity contribution in [1.29, 1.82) is 0 Å². The van der Waals surface area contributed by atoms with Gasteiger partial charge in [-0.25, -0.2) is 4.79 Å². The summed E-state index contributed by atoms with van der Waals surface area (Å²) in [4.78, 5) is 26.0. The highest BCUT2D eigenvalue weighted by Gasteiger charge is 2.22. The number of rotatable bonds is 5. The van der Waals surface area contributed by atoms with Crippen molar-refractivity contribution in [3.63, 3.8) is 0 Å². The van der Waals surface area contributed by atoms with Crippen molar-refractivity contribution >= 4 is 12.4 Å². The van der Waals surface area contributed by atoms with E-state index in [9.17, 15) is 19.8 Å². The predicted octanol–water partition coefficient (Wildman–Crippen LogP) is 0.813. The van der Waals surface area contributed by atoms with Gasteiger partial charge in [0.05, 0.1) is 5.69 Å². The maximum atomic E-state index is 11.4. The molecule has 2 atom stereocenters. The molecule has 0 aliphatic carbocycles. The summed E-state index contributed by atoms with van der Waals surface area (Å²) in [6, 6.07) is 2.85. The minimum Gasteiger partial charge on any atom is -0.444 e. The van der Waals surface area contributed by atoms with Crippen molar-refractivity contribution < 1.29 is 24.5 Å². The van der Waals surface area contributed by atoms with Crippen molar-refractivity contribution in [3.8, 4) is 0 Å². The Hall–Kier alpha value is -1.99. The molecule has 7 heteroatoms. The molecule has 0 aliphatic heterocycles. The number of aromatic nitrogens is 1. The first-order chi connectivity index (χ1) is 9.73. The predicted molar refractivity (Wildman–Crippen MR) is 74.8 cm³/mol. The lowest BCUT2D eigenvalue weighted by Crippen LogP contribution is -2.39. The molecule has 1 rings (SSSR count). The first-order valence-corrected chi connectivity index (χ1v) is 6.47. The number of aldehydes is 1. The number of amides is 1. The van der Waals surface area contributed by atoms with E-state index in [1.54, 1.807) is 20.8 Å². The number of aliphatic hydroxyl groups excluding tert-OH is 2. The molecular formula is C14H20N2O5. The summed E-state index contributed by atoms with van der Waals surface area (Å²) in [5.41, 5.74) is -0.155. The number of aliphatic hydroxyl groups is 2. The molecule has 1 amide bonds. The van der Waals surface area contributed by atoms with E-state index >= 15 is 0 Å². The summed E-state index contributed by atoms with van der Waals surface area (Å²) in [5.74, 6) is 0. The molecule has 3 N–H and O–H groups in total. The topological polar surface area (TPSA) is 109 Å². The molecule has 1 aromatic heterocycles. The van der Waals surface area contributed by atoms with Crippen LogP contribution in [0, 0.1) is 0 Å². The van der Waals surface area contributed by atoms with E-state index < -0.39 is 23.9 Å². The molecule has 0 aliphatic rings. The van der Waals surface area contributed by atoms with Crippen LogP contribution in [0.2, 0.25) is 0 Å². The number of ether oxygens (including phenoxy) is 1. The SMILES string of the molecule is CC(C)(C)OC(=O)NCC(O)C(O)c1cc(C=O)ccn1. The highest BCUT2D eigenvalue weighted by molar-refractivity contribution is 5.74. The third kappa shape index (κ3) is 5.88. The van der Waals surface area contributed by atoms with Crippen LogP contribution in [-0.4, -0.2) is 45.8 Å². The van der Waals surface area contributed by atoms with Crippen LogP contribution in [0.4, 0.5) is 4.79 Å². The quantitative estimate of drug-likeness (QED) is 0.694. The first kappa shape index (κ1) is 17.1. The maximum absolute atomic E-state index is 11.4. The van der Waals surface area contributed by atoms with Crippen molar-refractivity contribution in [2.24, 2.45) is 0 Å². The Kier molecular flexibility index (Phi) is 5.80. The lowest BCUT2D eigenvalue weighted by Gasteiger charge is -2.22. The Balaban J connectivity index is 2.56. The van der Waals surface area contributed by atoms with Crippen LogP contribution in [0.1, 0.15) is 42.9 Å².